The lowest BCUT2D eigenvalue weighted by Crippen LogP contribution is -2.20. The summed E-state index contributed by atoms with van der Waals surface area (Å²) in [7, 11) is 0. The highest BCUT2D eigenvalue weighted by atomic mass is 79.9. The first-order chi connectivity index (χ1) is 17.9. The van der Waals surface area contributed by atoms with Crippen LogP contribution in [0.15, 0.2) is 112 Å². The van der Waals surface area contributed by atoms with E-state index < -0.39 is 0 Å². The molecule has 182 valence electrons. The van der Waals surface area contributed by atoms with E-state index in [1.807, 2.05) is 30.3 Å². The molecule has 0 unspecified atom stereocenters. The van der Waals surface area contributed by atoms with Gasteiger partial charge in [0, 0.05) is 26.4 Å². The molecule has 3 aromatic carbocycles. The fraction of sp³-hybridized carbons (Fsp3) is 0. The Labute approximate surface area is 232 Å². The van der Waals surface area contributed by atoms with Crippen molar-refractivity contribution in [3.05, 3.63) is 109 Å². The minimum absolute atomic E-state index is 0.258. The molecule has 10 heteroatoms. The Bertz CT molecular complexity index is 1880. The summed E-state index contributed by atoms with van der Waals surface area (Å²) in [6.45, 7) is 0. The van der Waals surface area contributed by atoms with Gasteiger partial charge in [0.2, 0.25) is 5.82 Å². The summed E-state index contributed by atoms with van der Waals surface area (Å²) in [4.78, 5) is 19.1. The van der Waals surface area contributed by atoms with Crippen LogP contribution in [0.4, 0.5) is 0 Å². The van der Waals surface area contributed by atoms with Gasteiger partial charge >= 0.3 is 0 Å². The number of hydrogen-bond acceptors (Lipinski definition) is 6. The Balaban J connectivity index is 1.42. The zero-order valence-electron chi connectivity index (χ0n) is 18.7. The van der Waals surface area contributed by atoms with Crippen molar-refractivity contribution in [2.24, 2.45) is 5.10 Å². The lowest BCUT2D eigenvalue weighted by Gasteiger charge is -2.06. The van der Waals surface area contributed by atoms with Crippen LogP contribution in [0.2, 0.25) is 10.0 Å². The minimum Gasteiger partial charge on any atom is -0.453 e. The smallest absolute Gasteiger partial charge is 0.282 e. The third kappa shape index (κ3) is 4.85. The van der Waals surface area contributed by atoms with Gasteiger partial charge in [-0.05, 0) is 76.6 Å². The van der Waals surface area contributed by atoms with Crippen LogP contribution < -0.4 is 5.56 Å². The standard InChI is InChI=1S/C27H14BrCl2N3O3S/c28-21-13-18(35-27(21)37-19-8-5-16(29)6-9-19)14-31-33-25(32-22-4-2-1-3-20(22)26(33)34)24-12-15-11-17(30)7-10-23(15)36-24/h1-14H. The van der Waals surface area contributed by atoms with E-state index in [-0.39, 0.29) is 11.4 Å². The zero-order chi connectivity index (χ0) is 25.5. The maximum atomic E-state index is 13.4. The van der Waals surface area contributed by atoms with Gasteiger partial charge in [-0.1, -0.05) is 47.1 Å². The Morgan fingerprint density at radius 3 is 2.57 bits per heavy atom. The van der Waals surface area contributed by atoms with Crippen molar-refractivity contribution in [1.82, 2.24) is 9.66 Å². The average Bonchev–Trinajstić information content (AvgIpc) is 3.47. The zero-order valence-corrected chi connectivity index (χ0v) is 22.6. The molecule has 0 N–H and O–H groups in total. The topological polar surface area (TPSA) is 73.5 Å². The fourth-order valence-corrected chi connectivity index (χ4v) is 5.38. The van der Waals surface area contributed by atoms with E-state index in [1.54, 1.807) is 48.5 Å². The van der Waals surface area contributed by atoms with Gasteiger partial charge in [-0.3, -0.25) is 4.79 Å². The predicted molar refractivity (Wildman–Crippen MR) is 151 cm³/mol. The molecule has 6 aromatic rings. The highest BCUT2D eigenvalue weighted by Crippen LogP contribution is 2.36. The lowest BCUT2D eigenvalue weighted by molar-refractivity contribution is 0.465. The summed E-state index contributed by atoms with van der Waals surface area (Å²) in [6, 6.07) is 23.4. The normalized spacial score (nSPS) is 11.8. The number of nitrogens with zero attached hydrogens (tertiary/aromatic N) is 3. The molecule has 3 aromatic heterocycles. The van der Waals surface area contributed by atoms with Crippen LogP contribution in [0.5, 0.6) is 0 Å². The van der Waals surface area contributed by atoms with Gasteiger partial charge in [-0.15, -0.1) is 0 Å². The first-order valence-electron chi connectivity index (χ1n) is 10.9. The number of hydrogen-bond donors (Lipinski definition) is 0. The van der Waals surface area contributed by atoms with Crippen molar-refractivity contribution >= 4 is 79.0 Å². The van der Waals surface area contributed by atoms with Crippen molar-refractivity contribution in [3.8, 4) is 11.6 Å². The maximum absolute atomic E-state index is 13.4. The van der Waals surface area contributed by atoms with E-state index in [0.717, 1.165) is 14.8 Å². The van der Waals surface area contributed by atoms with Crippen LogP contribution in [0.25, 0.3) is 33.5 Å². The van der Waals surface area contributed by atoms with Gasteiger partial charge in [0.1, 0.15) is 11.3 Å². The molecule has 0 atom stereocenters. The van der Waals surface area contributed by atoms with Gasteiger partial charge in [-0.25, -0.2) is 4.98 Å². The second-order valence-electron chi connectivity index (χ2n) is 7.95. The maximum Gasteiger partial charge on any atom is 0.282 e. The van der Waals surface area contributed by atoms with Crippen molar-refractivity contribution in [2.45, 2.75) is 9.99 Å². The summed E-state index contributed by atoms with van der Waals surface area (Å²) in [5.41, 5.74) is 0.822. The molecule has 0 fully saturated rings. The first-order valence-corrected chi connectivity index (χ1v) is 13.3. The molecule has 37 heavy (non-hydrogen) atoms. The highest BCUT2D eigenvalue weighted by Gasteiger charge is 2.17. The van der Waals surface area contributed by atoms with E-state index in [2.05, 4.69) is 26.0 Å². The highest BCUT2D eigenvalue weighted by molar-refractivity contribution is 9.10. The van der Waals surface area contributed by atoms with Crippen molar-refractivity contribution < 1.29 is 8.83 Å². The SMILES string of the molecule is O=c1c2ccccc2nc(-c2cc3cc(Cl)ccc3o2)n1N=Cc1cc(Br)c(Sc2ccc(Cl)cc2)o1. The monoisotopic (exact) mass is 609 g/mol. The van der Waals surface area contributed by atoms with Gasteiger partial charge in [-0.2, -0.15) is 9.78 Å². The van der Waals surface area contributed by atoms with Gasteiger partial charge in [0.15, 0.2) is 10.9 Å². The molecule has 0 amide bonds. The molecule has 6 rings (SSSR count). The van der Waals surface area contributed by atoms with Crippen molar-refractivity contribution in [3.63, 3.8) is 0 Å². The molecular weight excluding hydrogens is 597 g/mol. The molecular formula is C27H14BrCl2N3O3S. The molecule has 0 radical (unpaired) electrons. The van der Waals surface area contributed by atoms with E-state index in [1.165, 1.54) is 22.7 Å². The lowest BCUT2D eigenvalue weighted by atomic mass is 10.2. The van der Waals surface area contributed by atoms with Crippen LogP contribution >= 0.6 is 50.9 Å². The van der Waals surface area contributed by atoms with E-state index >= 15 is 0 Å². The number of furan rings is 2. The number of benzene rings is 3. The number of aromatic nitrogens is 2. The molecule has 0 aliphatic rings. The van der Waals surface area contributed by atoms with Crippen LogP contribution in [0, 0.1) is 0 Å². The fourth-order valence-electron chi connectivity index (χ4n) is 3.74. The Hall–Kier alpha value is -3.30. The Kier molecular flexibility index (Phi) is 6.42. The van der Waals surface area contributed by atoms with Gasteiger partial charge < -0.3 is 8.83 Å². The van der Waals surface area contributed by atoms with Crippen LogP contribution in [-0.4, -0.2) is 15.9 Å². The molecule has 3 heterocycles. The van der Waals surface area contributed by atoms with Gasteiger partial charge in [0.25, 0.3) is 5.56 Å². The Morgan fingerprint density at radius 2 is 1.73 bits per heavy atom. The van der Waals surface area contributed by atoms with Crippen LogP contribution in [0.3, 0.4) is 0 Å². The second kappa shape index (κ2) is 9.87. The number of fused-ring (bicyclic) bond motifs is 2. The van der Waals surface area contributed by atoms with E-state index in [9.17, 15) is 4.79 Å². The summed E-state index contributed by atoms with van der Waals surface area (Å²) >= 11 is 17.1. The quantitative estimate of drug-likeness (QED) is 0.183. The second-order valence-corrected chi connectivity index (χ2v) is 10.7. The van der Waals surface area contributed by atoms with Crippen LogP contribution in [0.1, 0.15) is 5.76 Å². The molecule has 6 nitrogen and oxygen atoms in total. The van der Waals surface area contributed by atoms with Crippen molar-refractivity contribution in [2.75, 3.05) is 0 Å². The summed E-state index contributed by atoms with van der Waals surface area (Å²) in [5, 5.41) is 7.56. The van der Waals surface area contributed by atoms with Crippen molar-refractivity contribution in [1.29, 1.82) is 0 Å². The Morgan fingerprint density at radius 1 is 0.946 bits per heavy atom. The third-order valence-electron chi connectivity index (χ3n) is 5.45. The van der Waals surface area contributed by atoms with Gasteiger partial charge in [0.05, 0.1) is 21.6 Å². The number of halogens is 3. The third-order valence-corrected chi connectivity index (χ3v) is 7.79. The molecule has 0 aliphatic carbocycles. The molecule has 0 aliphatic heterocycles. The summed E-state index contributed by atoms with van der Waals surface area (Å²) in [5.74, 6) is 1.09. The molecule has 0 saturated heterocycles. The first kappa shape index (κ1) is 24.1. The largest absolute Gasteiger partial charge is 0.453 e. The average molecular weight is 611 g/mol. The van der Waals surface area contributed by atoms with E-state index in [0.29, 0.717) is 43.1 Å². The van der Waals surface area contributed by atoms with Crippen LogP contribution in [-0.2, 0) is 0 Å². The molecule has 0 saturated carbocycles. The number of rotatable bonds is 5. The summed E-state index contributed by atoms with van der Waals surface area (Å²) in [6.07, 6.45) is 1.47. The summed E-state index contributed by atoms with van der Waals surface area (Å²) < 4.78 is 13.9. The number of para-hydroxylation sites is 1. The predicted octanol–water partition coefficient (Wildman–Crippen LogP) is 8.51. The molecule has 0 bridgehead atoms. The minimum atomic E-state index is -0.336. The molecule has 0 spiro atoms. The van der Waals surface area contributed by atoms with E-state index in [4.69, 9.17) is 32.0 Å².